The number of aryl methyl sites for hydroxylation is 1. The van der Waals surface area contributed by atoms with Crippen LogP contribution >= 0.6 is 12.4 Å². The number of nitrogens with zero attached hydrogens (tertiary/aromatic N) is 1. The number of aromatic nitrogens is 2. The predicted molar refractivity (Wildman–Crippen MR) is 124 cm³/mol. The van der Waals surface area contributed by atoms with Gasteiger partial charge in [-0.3, -0.25) is 0 Å². The first-order valence-electron chi connectivity index (χ1n) is 10.5. The number of piperidine rings is 1. The van der Waals surface area contributed by atoms with Crippen molar-refractivity contribution in [1.29, 1.82) is 0 Å². The van der Waals surface area contributed by atoms with Gasteiger partial charge in [0, 0.05) is 6.54 Å². The van der Waals surface area contributed by atoms with Gasteiger partial charge in [0.1, 0.15) is 29.7 Å². The molecule has 2 aromatic carbocycles. The van der Waals surface area contributed by atoms with E-state index in [1.807, 2.05) is 49.4 Å². The molecule has 7 nitrogen and oxygen atoms in total. The average molecular weight is 448 g/mol. The molecule has 0 aliphatic carbocycles. The Bertz CT molecular complexity index is 1010. The van der Waals surface area contributed by atoms with Crippen LogP contribution in [0.25, 0.3) is 11.0 Å². The van der Waals surface area contributed by atoms with Crippen LogP contribution in [0, 0.1) is 12.8 Å². The molecule has 1 aliphatic heterocycles. The van der Waals surface area contributed by atoms with Gasteiger partial charge in [-0.2, -0.15) is 0 Å². The molecule has 1 saturated heterocycles. The zero-order chi connectivity index (χ0) is 20.9. The number of aliphatic hydroxyl groups excluding tert-OH is 1. The van der Waals surface area contributed by atoms with Crippen LogP contribution in [0.1, 0.15) is 18.4 Å². The second-order valence-corrected chi connectivity index (χ2v) is 8.04. The molecule has 0 spiro atoms. The van der Waals surface area contributed by atoms with Gasteiger partial charge >= 0.3 is 5.69 Å². The highest BCUT2D eigenvalue weighted by atomic mass is 35.5. The van der Waals surface area contributed by atoms with E-state index in [2.05, 4.69) is 14.9 Å². The van der Waals surface area contributed by atoms with Crippen LogP contribution in [-0.2, 0) is 0 Å². The largest absolute Gasteiger partial charge is 0.493 e. The number of hydrogen-bond acceptors (Lipinski definition) is 5. The number of aromatic amines is 2. The molecule has 1 aliphatic rings. The first-order chi connectivity index (χ1) is 14.6. The van der Waals surface area contributed by atoms with Crippen molar-refractivity contribution in [3.8, 4) is 11.5 Å². The van der Waals surface area contributed by atoms with Crippen molar-refractivity contribution in [2.75, 3.05) is 32.8 Å². The number of ether oxygens (including phenoxy) is 2. The lowest BCUT2D eigenvalue weighted by atomic mass is 9.97. The van der Waals surface area contributed by atoms with E-state index in [9.17, 15) is 9.90 Å². The zero-order valence-electron chi connectivity index (χ0n) is 17.7. The lowest BCUT2D eigenvalue weighted by Gasteiger charge is -2.33. The summed E-state index contributed by atoms with van der Waals surface area (Å²) in [7, 11) is 0. The van der Waals surface area contributed by atoms with Crippen LogP contribution < -0.4 is 15.2 Å². The van der Waals surface area contributed by atoms with Gasteiger partial charge < -0.3 is 29.4 Å². The van der Waals surface area contributed by atoms with Gasteiger partial charge in [0.25, 0.3) is 0 Å². The number of rotatable bonds is 8. The van der Waals surface area contributed by atoms with Crippen molar-refractivity contribution in [1.82, 2.24) is 14.9 Å². The maximum atomic E-state index is 11.6. The number of imidazole rings is 1. The monoisotopic (exact) mass is 447 g/mol. The molecule has 8 heteroatoms. The number of nitrogens with one attached hydrogen (secondary N) is 2. The molecular weight excluding hydrogens is 418 g/mol. The number of benzene rings is 2. The van der Waals surface area contributed by atoms with Gasteiger partial charge in [-0.25, -0.2) is 4.79 Å². The summed E-state index contributed by atoms with van der Waals surface area (Å²) in [6.07, 6.45) is 1.52. The fraction of sp³-hybridized carbons (Fsp3) is 0.435. The van der Waals surface area contributed by atoms with Gasteiger partial charge in [-0.1, -0.05) is 24.3 Å². The first-order valence-corrected chi connectivity index (χ1v) is 10.5. The zero-order valence-corrected chi connectivity index (χ0v) is 18.5. The molecule has 1 aromatic heterocycles. The van der Waals surface area contributed by atoms with Crippen molar-refractivity contribution in [3.05, 3.63) is 58.5 Å². The number of aliphatic hydroxyl groups is 1. The SMILES string of the molecule is Cc1ccc(OCC(O)CN2CCC(COc3ccccc3)CC2)c2[nH]c(=O)[nH]c12.Cl. The Morgan fingerprint density at radius 1 is 1.06 bits per heavy atom. The Morgan fingerprint density at radius 2 is 1.77 bits per heavy atom. The van der Waals surface area contributed by atoms with E-state index in [-0.39, 0.29) is 24.7 Å². The third-order valence-corrected chi connectivity index (χ3v) is 5.69. The Kier molecular flexibility index (Phi) is 8.01. The number of fused-ring (bicyclic) bond motifs is 1. The second kappa shape index (κ2) is 10.7. The highest BCUT2D eigenvalue weighted by Crippen LogP contribution is 2.24. The topological polar surface area (TPSA) is 90.6 Å². The van der Waals surface area contributed by atoms with Gasteiger partial charge in [-0.05, 0) is 62.5 Å². The van der Waals surface area contributed by atoms with E-state index in [4.69, 9.17) is 9.47 Å². The summed E-state index contributed by atoms with van der Waals surface area (Å²) < 4.78 is 11.7. The number of likely N-dealkylation sites (tertiary alicyclic amines) is 1. The summed E-state index contributed by atoms with van der Waals surface area (Å²) in [4.78, 5) is 19.4. The molecule has 168 valence electrons. The van der Waals surface area contributed by atoms with E-state index in [1.54, 1.807) is 0 Å². The molecule has 4 rings (SSSR count). The maximum Gasteiger partial charge on any atom is 0.323 e. The molecule has 0 bridgehead atoms. The Labute approximate surface area is 187 Å². The van der Waals surface area contributed by atoms with E-state index >= 15 is 0 Å². The van der Waals surface area contributed by atoms with Gasteiger partial charge in [0.15, 0.2) is 0 Å². The minimum atomic E-state index is -0.593. The number of hydrogen-bond donors (Lipinski definition) is 3. The molecule has 1 unspecified atom stereocenters. The van der Waals surface area contributed by atoms with Gasteiger partial charge in [-0.15, -0.1) is 12.4 Å². The van der Waals surface area contributed by atoms with Gasteiger partial charge in [0.2, 0.25) is 0 Å². The van der Waals surface area contributed by atoms with E-state index in [0.717, 1.165) is 49.4 Å². The normalized spacial score (nSPS) is 16.1. The minimum absolute atomic E-state index is 0. The minimum Gasteiger partial charge on any atom is -0.493 e. The maximum absolute atomic E-state index is 11.6. The van der Waals surface area contributed by atoms with Crippen LogP contribution in [0.15, 0.2) is 47.3 Å². The molecule has 0 saturated carbocycles. The van der Waals surface area contributed by atoms with Crippen molar-refractivity contribution in [2.24, 2.45) is 5.92 Å². The summed E-state index contributed by atoms with van der Waals surface area (Å²) in [5, 5.41) is 10.4. The highest BCUT2D eigenvalue weighted by molar-refractivity contribution is 5.85. The molecule has 1 atom stereocenters. The third kappa shape index (κ3) is 6.03. The molecule has 0 radical (unpaired) electrons. The Morgan fingerprint density at radius 3 is 2.52 bits per heavy atom. The second-order valence-electron chi connectivity index (χ2n) is 8.04. The van der Waals surface area contributed by atoms with Crippen molar-refractivity contribution < 1.29 is 14.6 Å². The van der Waals surface area contributed by atoms with Crippen LogP contribution in [0.3, 0.4) is 0 Å². The smallest absolute Gasteiger partial charge is 0.323 e. The van der Waals surface area contributed by atoms with E-state index in [0.29, 0.717) is 23.7 Å². The molecule has 1 fully saturated rings. The van der Waals surface area contributed by atoms with Crippen LogP contribution in [0.4, 0.5) is 0 Å². The first kappa shape index (κ1) is 23.2. The third-order valence-electron chi connectivity index (χ3n) is 5.69. The molecule has 3 aromatic rings. The fourth-order valence-electron chi connectivity index (χ4n) is 3.95. The Balaban J connectivity index is 0.00000272. The van der Waals surface area contributed by atoms with E-state index in [1.165, 1.54) is 0 Å². The van der Waals surface area contributed by atoms with Crippen LogP contribution in [0.5, 0.6) is 11.5 Å². The molecular formula is C23H30ClN3O4. The van der Waals surface area contributed by atoms with Crippen molar-refractivity contribution in [3.63, 3.8) is 0 Å². The molecule has 0 amide bonds. The average Bonchev–Trinajstić information content (AvgIpc) is 3.16. The van der Waals surface area contributed by atoms with Crippen LogP contribution in [-0.4, -0.2) is 58.9 Å². The van der Waals surface area contributed by atoms with E-state index < -0.39 is 6.10 Å². The lowest BCUT2D eigenvalue weighted by molar-refractivity contribution is 0.0506. The number of β-amino-alcohol motifs (C(OH)–C–C–N with tert-alkyl or cyclic N) is 1. The van der Waals surface area contributed by atoms with Gasteiger partial charge in [0.05, 0.1) is 12.1 Å². The summed E-state index contributed by atoms with van der Waals surface area (Å²) in [6.45, 7) is 5.31. The lowest BCUT2D eigenvalue weighted by Crippen LogP contribution is -2.41. The molecule has 3 N–H and O–H groups in total. The summed E-state index contributed by atoms with van der Waals surface area (Å²) >= 11 is 0. The molecule has 2 heterocycles. The fourth-order valence-corrected chi connectivity index (χ4v) is 3.95. The number of halogens is 1. The Hall–Kier alpha value is -2.48. The summed E-state index contributed by atoms with van der Waals surface area (Å²) in [5.74, 6) is 2.03. The predicted octanol–water partition coefficient (Wildman–Crippen LogP) is 3.12. The summed E-state index contributed by atoms with van der Waals surface area (Å²) in [5.41, 5.74) is 2.09. The van der Waals surface area contributed by atoms with Crippen LogP contribution in [0.2, 0.25) is 0 Å². The quantitative estimate of drug-likeness (QED) is 0.493. The summed E-state index contributed by atoms with van der Waals surface area (Å²) in [6, 6.07) is 13.6. The highest BCUT2D eigenvalue weighted by Gasteiger charge is 2.22. The number of para-hydroxylation sites is 1. The molecule has 31 heavy (non-hydrogen) atoms. The number of H-pyrrole nitrogens is 2. The van der Waals surface area contributed by atoms with Crippen molar-refractivity contribution >= 4 is 23.4 Å². The standard InChI is InChI=1S/C23H29N3O4.ClH/c1-16-7-8-20(22-21(16)24-23(28)25-22)30-15-18(27)13-26-11-9-17(10-12-26)14-29-19-5-3-2-4-6-19;/h2-8,17-18,27H,9-15H2,1H3,(H2,24,25,28);1H. The van der Waals surface area contributed by atoms with Crippen molar-refractivity contribution in [2.45, 2.75) is 25.9 Å².